The van der Waals surface area contributed by atoms with Gasteiger partial charge in [0, 0.05) is 25.8 Å². The van der Waals surface area contributed by atoms with Crippen LogP contribution in [0.15, 0.2) is 54.7 Å². The van der Waals surface area contributed by atoms with E-state index in [0.29, 0.717) is 65.8 Å². The summed E-state index contributed by atoms with van der Waals surface area (Å²) in [7, 11) is 1.57. The fourth-order valence-electron chi connectivity index (χ4n) is 3.61. The molecule has 2 aromatic carbocycles. The minimum Gasteiger partial charge on any atom is -0.481 e. The van der Waals surface area contributed by atoms with Crippen molar-refractivity contribution in [3.05, 3.63) is 65.3 Å². The Morgan fingerprint density at radius 3 is 2.53 bits per heavy atom. The lowest BCUT2D eigenvalue weighted by atomic mass is 10.1. The number of aromatic nitrogens is 2. The predicted octanol–water partition coefficient (Wildman–Crippen LogP) is 3.60. The highest BCUT2D eigenvalue weighted by atomic mass is 35.5. The summed E-state index contributed by atoms with van der Waals surface area (Å²) in [5, 5.41) is 9.13. The van der Waals surface area contributed by atoms with Crippen LogP contribution in [0.2, 0.25) is 5.02 Å². The zero-order valence-corrected chi connectivity index (χ0v) is 20.7. The molecule has 1 atom stereocenters. The largest absolute Gasteiger partial charge is 0.481 e. The Kier molecular flexibility index (Phi) is 8.19. The molecule has 3 N–H and O–H groups in total. The van der Waals surface area contributed by atoms with Crippen molar-refractivity contribution < 1.29 is 19.1 Å². The smallest absolute Gasteiger partial charge is 0.263 e. The standard InChI is InChI=1S/C25H27ClN6O4/c1-16(24(34)32-11-13-35-14-12-32)36-18-9-7-17(8-10-18)29-25-28-15-20(26)22(31-25)30-21-6-4-3-5-19(21)23(33)27-2/h3-10,15-16H,11-14H2,1-2H3,(H,27,33)(H2,28,29,30,31). The van der Waals surface area contributed by atoms with Crippen molar-refractivity contribution in [2.75, 3.05) is 44.0 Å². The maximum absolute atomic E-state index is 12.6. The number of hydrogen-bond donors (Lipinski definition) is 3. The average molecular weight is 511 g/mol. The van der Waals surface area contributed by atoms with Crippen LogP contribution in [0, 0.1) is 0 Å². The highest BCUT2D eigenvalue weighted by Gasteiger charge is 2.23. The summed E-state index contributed by atoms with van der Waals surface area (Å²) in [6, 6.07) is 14.2. The third kappa shape index (κ3) is 6.21. The zero-order chi connectivity index (χ0) is 25.5. The lowest BCUT2D eigenvalue weighted by Crippen LogP contribution is -2.46. The van der Waals surface area contributed by atoms with Gasteiger partial charge < -0.3 is 30.3 Å². The number of morpholine rings is 1. The van der Waals surface area contributed by atoms with Crippen LogP contribution < -0.4 is 20.7 Å². The fraction of sp³-hybridized carbons (Fsp3) is 0.280. The first-order valence-corrected chi connectivity index (χ1v) is 11.8. The van der Waals surface area contributed by atoms with Crippen LogP contribution in [0.25, 0.3) is 0 Å². The third-order valence-electron chi connectivity index (χ3n) is 5.49. The summed E-state index contributed by atoms with van der Waals surface area (Å²) in [5.41, 5.74) is 1.74. The highest BCUT2D eigenvalue weighted by Crippen LogP contribution is 2.27. The van der Waals surface area contributed by atoms with Gasteiger partial charge in [-0.25, -0.2) is 4.98 Å². The lowest BCUT2D eigenvalue weighted by Gasteiger charge is -2.29. The second-order valence-corrected chi connectivity index (χ2v) is 8.39. The van der Waals surface area contributed by atoms with Crippen molar-refractivity contribution in [1.82, 2.24) is 20.2 Å². The van der Waals surface area contributed by atoms with Gasteiger partial charge in [-0.05, 0) is 43.3 Å². The molecule has 3 aromatic rings. The normalized spacial score (nSPS) is 14.0. The summed E-state index contributed by atoms with van der Waals surface area (Å²) in [6.45, 7) is 3.98. The maximum atomic E-state index is 12.6. The number of hydrogen-bond acceptors (Lipinski definition) is 8. The van der Waals surface area contributed by atoms with Gasteiger partial charge in [0.05, 0.1) is 30.7 Å². The van der Waals surface area contributed by atoms with Gasteiger partial charge in [-0.1, -0.05) is 23.7 Å². The monoisotopic (exact) mass is 510 g/mol. The summed E-state index contributed by atoms with van der Waals surface area (Å²) >= 11 is 6.30. The number of nitrogens with one attached hydrogen (secondary N) is 3. The SMILES string of the molecule is CNC(=O)c1ccccc1Nc1nc(Nc2ccc(OC(C)C(=O)N3CCOCC3)cc2)ncc1Cl. The molecule has 10 nitrogen and oxygen atoms in total. The lowest BCUT2D eigenvalue weighted by molar-refractivity contribution is -0.142. The molecule has 4 rings (SSSR count). The Morgan fingerprint density at radius 1 is 1.08 bits per heavy atom. The number of ether oxygens (including phenoxy) is 2. The second-order valence-electron chi connectivity index (χ2n) is 7.99. The Labute approximate surface area is 214 Å². The second kappa shape index (κ2) is 11.7. The molecule has 1 saturated heterocycles. The average Bonchev–Trinajstić information content (AvgIpc) is 2.91. The molecule has 1 aliphatic heterocycles. The van der Waals surface area contributed by atoms with Crippen molar-refractivity contribution in [1.29, 1.82) is 0 Å². The quantitative estimate of drug-likeness (QED) is 0.421. The fourth-order valence-corrected chi connectivity index (χ4v) is 3.75. The van der Waals surface area contributed by atoms with Crippen molar-refractivity contribution in [3.63, 3.8) is 0 Å². The first-order valence-electron chi connectivity index (χ1n) is 11.5. The number of rotatable bonds is 8. The molecule has 1 fully saturated rings. The highest BCUT2D eigenvalue weighted by molar-refractivity contribution is 6.33. The van der Waals surface area contributed by atoms with Crippen LogP contribution in [0.5, 0.6) is 5.75 Å². The third-order valence-corrected chi connectivity index (χ3v) is 5.77. The van der Waals surface area contributed by atoms with E-state index in [1.54, 1.807) is 61.3 Å². The van der Waals surface area contributed by atoms with E-state index in [0.717, 1.165) is 0 Å². The molecule has 2 heterocycles. The summed E-state index contributed by atoms with van der Waals surface area (Å²) in [5.74, 6) is 0.933. The van der Waals surface area contributed by atoms with E-state index in [-0.39, 0.29) is 11.8 Å². The van der Waals surface area contributed by atoms with Gasteiger partial charge in [0.15, 0.2) is 11.9 Å². The van der Waals surface area contributed by atoms with Gasteiger partial charge in [-0.3, -0.25) is 9.59 Å². The van der Waals surface area contributed by atoms with Crippen LogP contribution in [0.1, 0.15) is 17.3 Å². The number of carbonyl (C=O) groups is 2. The number of nitrogens with zero attached hydrogens (tertiary/aromatic N) is 3. The van der Waals surface area contributed by atoms with Gasteiger partial charge in [0.1, 0.15) is 10.8 Å². The summed E-state index contributed by atoms with van der Waals surface area (Å²) in [4.78, 5) is 35.1. The summed E-state index contributed by atoms with van der Waals surface area (Å²) in [6.07, 6.45) is 0.866. The van der Waals surface area contributed by atoms with Crippen LogP contribution in [0.3, 0.4) is 0 Å². The molecular weight excluding hydrogens is 484 g/mol. The molecule has 0 spiro atoms. The number of benzene rings is 2. The van der Waals surface area contributed by atoms with Crippen LogP contribution >= 0.6 is 11.6 Å². The first kappa shape index (κ1) is 25.2. The van der Waals surface area contributed by atoms with E-state index in [9.17, 15) is 9.59 Å². The molecule has 188 valence electrons. The van der Waals surface area contributed by atoms with E-state index in [1.165, 1.54) is 6.20 Å². The van der Waals surface area contributed by atoms with Crippen molar-refractivity contribution in [3.8, 4) is 5.75 Å². The van der Waals surface area contributed by atoms with E-state index in [4.69, 9.17) is 21.1 Å². The first-order chi connectivity index (χ1) is 17.4. The van der Waals surface area contributed by atoms with Gasteiger partial charge in [-0.15, -0.1) is 0 Å². The maximum Gasteiger partial charge on any atom is 0.263 e. The molecule has 11 heteroatoms. The number of anilines is 4. The minimum atomic E-state index is -0.604. The van der Waals surface area contributed by atoms with Gasteiger partial charge in [0.25, 0.3) is 11.8 Å². The van der Waals surface area contributed by atoms with Crippen molar-refractivity contribution in [2.45, 2.75) is 13.0 Å². The number of carbonyl (C=O) groups excluding carboxylic acids is 2. The molecule has 0 radical (unpaired) electrons. The molecule has 0 saturated carbocycles. The molecule has 1 unspecified atom stereocenters. The van der Waals surface area contributed by atoms with E-state index >= 15 is 0 Å². The van der Waals surface area contributed by atoms with Crippen LogP contribution in [0.4, 0.5) is 23.1 Å². The van der Waals surface area contributed by atoms with Gasteiger partial charge in [-0.2, -0.15) is 4.98 Å². The van der Waals surface area contributed by atoms with Crippen molar-refractivity contribution in [2.24, 2.45) is 0 Å². The number of para-hydroxylation sites is 1. The molecule has 0 aliphatic carbocycles. The van der Waals surface area contributed by atoms with Gasteiger partial charge >= 0.3 is 0 Å². The molecule has 1 aromatic heterocycles. The zero-order valence-electron chi connectivity index (χ0n) is 20.0. The van der Waals surface area contributed by atoms with E-state index < -0.39 is 6.10 Å². The van der Waals surface area contributed by atoms with Crippen LogP contribution in [-0.4, -0.2) is 66.1 Å². The summed E-state index contributed by atoms with van der Waals surface area (Å²) < 4.78 is 11.1. The minimum absolute atomic E-state index is 0.0620. The Bertz CT molecular complexity index is 1220. The topological polar surface area (TPSA) is 118 Å². The number of halogens is 1. The molecular formula is C25H27ClN6O4. The van der Waals surface area contributed by atoms with E-state index in [1.807, 2.05) is 6.07 Å². The molecule has 36 heavy (non-hydrogen) atoms. The van der Waals surface area contributed by atoms with Gasteiger partial charge in [0.2, 0.25) is 5.95 Å². The van der Waals surface area contributed by atoms with E-state index in [2.05, 4.69) is 25.9 Å². The molecule has 1 aliphatic rings. The predicted molar refractivity (Wildman–Crippen MR) is 137 cm³/mol. The Morgan fingerprint density at radius 2 is 1.81 bits per heavy atom. The van der Waals surface area contributed by atoms with Crippen LogP contribution in [-0.2, 0) is 9.53 Å². The number of amides is 2. The van der Waals surface area contributed by atoms with Crippen molar-refractivity contribution >= 4 is 46.6 Å². The molecule has 2 amide bonds. The Balaban J connectivity index is 1.41. The Hall–Kier alpha value is -3.89. The molecule has 0 bridgehead atoms.